The van der Waals surface area contributed by atoms with Crippen LogP contribution in [0.3, 0.4) is 0 Å². The van der Waals surface area contributed by atoms with Crippen LogP contribution in [0.5, 0.6) is 5.75 Å². The van der Waals surface area contributed by atoms with E-state index in [2.05, 4.69) is 115 Å². The second kappa shape index (κ2) is 20.7. The first-order valence-electron chi connectivity index (χ1n) is 24.9. The number of rotatable bonds is 19. The first-order valence-corrected chi connectivity index (χ1v) is 29.7. The molecule has 2 aliphatic rings. The van der Waals surface area contributed by atoms with E-state index < -0.39 is 16.3 Å². The van der Waals surface area contributed by atoms with Crippen LogP contribution < -0.4 is 12.6 Å². The minimum atomic E-state index is -3.13. The van der Waals surface area contributed by atoms with E-state index in [1.54, 1.807) is 0 Å². The number of anilines is 1. The number of unbranched alkanes of at least 4 members (excludes halogenated alkanes) is 13. The van der Waals surface area contributed by atoms with Gasteiger partial charge in [-0.3, -0.25) is 0 Å². The summed E-state index contributed by atoms with van der Waals surface area (Å²) < 4.78 is 8.58. The number of aromatic nitrogens is 8. The number of fused-ring (bicyclic) bond motifs is 20. The van der Waals surface area contributed by atoms with Crippen LogP contribution in [-0.2, 0) is 16.3 Å². The molecule has 8 bridgehead atoms. The molecule has 0 atom stereocenters. The Kier molecular flexibility index (Phi) is 13.7. The molecule has 5 aromatic carbocycles. The second-order valence-electron chi connectivity index (χ2n) is 18.7. The van der Waals surface area contributed by atoms with E-state index in [9.17, 15) is 0 Å². The van der Waals surface area contributed by atoms with Crippen LogP contribution in [0.1, 0.15) is 96.8 Å². The van der Waals surface area contributed by atoms with Crippen molar-refractivity contribution in [3.05, 3.63) is 115 Å². The predicted octanol–water partition coefficient (Wildman–Crippen LogP) is 14.1. The van der Waals surface area contributed by atoms with E-state index in [-0.39, 0.29) is 0 Å². The third-order valence-corrected chi connectivity index (χ3v) is 20.5. The Labute approximate surface area is 399 Å². The summed E-state index contributed by atoms with van der Waals surface area (Å²) in [5.41, 5.74) is 7.61. The number of nitrogens with zero attached hydrogens (tertiary/aromatic N) is 7. The summed E-state index contributed by atoms with van der Waals surface area (Å²) in [6, 6.07) is 39.8. The van der Waals surface area contributed by atoms with Crippen molar-refractivity contribution in [2.24, 2.45) is 0 Å². The maximum atomic E-state index is 7.32. The molecule has 67 heavy (non-hydrogen) atoms. The Bertz CT molecular complexity index is 3190. The minimum absolute atomic E-state index is 0.596. The summed E-state index contributed by atoms with van der Waals surface area (Å²) in [5.74, 6) is 3.32. The Morgan fingerprint density at radius 2 is 0.881 bits per heavy atom. The molecule has 5 heterocycles. The van der Waals surface area contributed by atoms with Gasteiger partial charge < -0.3 is 0 Å². The van der Waals surface area contributed by atoms with Crippen LogP contribution in [0.25, 0.3) is 89.7 Å². The first-order chi connectivity index (χ1) is 33.0. The molecule has 2 aliphatic heterocycles. The number of nitrogens with one attached hydrogen (secondary N) is 2. The molecular weight excluding hydrogens is 880 g/mol. The van der Waals surface area contributed by atoms with Gasteiger partial charge in [0.2, 0.25) is 0 Å². The Morgan fingerprint density at radius 1 is 0.448 bits per heavy atom. The fourth-order valence-electron chi connectivity index (χ4n) is 10.1. The number of hydrogen-bond donors (Lipinski definition) is 2. The van der Waals surface area contributed by atoms with Gasteiger partial charge in [-0.15, -0.1) is 0 Å². The molecule has 0 radical (unpaired) electrons. The van der Waals surface area contributed by atoms with E-state index in [1.807, 2.05) is 36.4 Å². The van der Waals surface area contributed by atoms with E-state index in [0.29, 0.717) is 45.9 Å². The Morgan fingerprint density at radius 3 is 1.40 bits per heavy atom. The average molecular weight is 941 g/mol. The third kappa shape index (κ3) is 9.75. The number of hydrogen-bond acceptors (Lipinski definition) is 8. The van der Waals surface area contributed by atoms with Gasteiger partial charge >= 0.3 is 369 Å². The first kappa shape index (κ1) is 44.5. The zero-order chi connectivity index (χ0) is 45.5. The van der Waals surface area contributed by atoms with E-state index in [1.165, 1.54) is 87.6 Å². The van der Waals surface area contributed by atoms with Crippen molar-refractivity contribution in [2.75, 3.05) is 19.0 Å². The van der Waals surface area contributed by atoms with Crippen molar-refractivity contribution in [1.29, 1.82) is 0 Å². The van der Waals surface area contributed by atoms with E-state index in [0.717, 1.165) is 66.7 Å². The predicted molar refractivity (Wildman–Crippen MR) is 272 cm³/mol. The summed E-state index contributed by atoms with van der Waals surface area (Å²) in [5, 5.41) is 5.00. The van der Waals surface area contributed by atoms with E-state index >= 15 is 0 Å². The topological polar surface area (TPSA) is 121 Å². The monoisotopic (exact) mass is 938 g/mol. The van der Waals surface area contributed by atoms with Gasteiger partial charge in [-0.25, -0.2) is 0 Å². The molecule has 11 heteroatoms. The molecule has 10 rings (SSSR count). The van der Waals surface area contributed by atoms with Crippen LogP contribution in [0, 0.1) is 0 Å². The summed E-state index contributed by atoms with van der Waals surface area (Å²) in [4.78, 5) is 40.9. The van der Waals surface area contributed by atoms with Gasteiger partial charge in [0.05, 0.1) is 0 Å². The molecule has 8 aromatic rings. The molecule has 10 nitrogen and oxygen atoms in total. The van der Waals surface area contributed by atoms with Crippen molar-refractivity contribution in [3.8, 4) is 51.3 Å². The van der Waals surface area contributed by atoms with Crippen LogP contribution >= 0.6 is 0 Å². The molecule has 0 saturated heterocycles. The molecule has 0 unspecified atom stereocenters. The Hall–Kier alpha value is -6.32. The van der Waals surface area contributed by atoms with Crippen molar-refractivity contribution in [3.63, 3.8) is 0 Å². The van der Waals surface area contributed by atoms with Crippen molar-refractivity contribution >= 4 is 54.0 Å². The molecule has 0 spiro atoms. The molecule has 0 fully saturated rings. The van der Waals surface area contributed by atoms with Gasteiger partial charge in [0.25, 0.3) is 0 Å². The molecule has 0 saturated carbocycles. The van der Waals surface area contributed by atoms with E-state index in [4.69, 9.17) is 33.5 Å². The van der Waals surface area contributed by atoms with Crippen molar-refractivity contribution in [1.82, 2.24) is 39.9 Å². The van der Waals surface area contributed by atoms with Gasteiger partial charge in [0, 0.05) is 0 Å². The van der Waals surface area contributed by atoms with Crippen LogP contribution in [-0.4, -0.2) is 54.0 Å². The van der Waals surface area contributed by atoms with Gasteiger partial charge in [-0.05, 0) is 0 Å². The normalized spacial score (nSPS) is 11.8. The van der Waals surface area contributed by atoms with Gasteiger partial charge in [-0.1, -0.05) is 32.3 Å². The maximum absolute atomic E-state index is 7.32. The molecule has 3 aromatic heterocycles. The third-order valence-electron chi connectivity index (χ3n) is 13.7. The zero-order valence-corrected chi connectivity index (χ0v) is 42.3. The molecule has 337 valence electrons. The number of H-pyrrole nitrogens is 2. The van der Waals surface area contributed by atoms with Crippen LogP contribution in [0.2, 0.25) is 5.02 Å². The molecule has 0 aliphatic carbocycles. The second-order valence-corrected chi connectivity index (χ2v) is 24.9. The quantitative estimate of drug-likeness (QED) is 0.0607. The fraction of sp³-hybridized carbons (Fsp3) is 0.321. The van der Waals surface area contributed by atoms with Gasteiger partial charge in [-0.2, -0.15) is 0 Å². The van der Waals surface area contributed by atoms with Crippen molar-refractivity contribution < 1.29 is 19.9 Å². The van der Waals surface area contributed by atoms with Crippen LogP contribution in [0.4, 0.5) is 5.69 Å². The van der Waals surface area contributed by atoms with Crippen molar-refractivity contribution in [2.45, 2.75) is 102 Å². The SMILES string of the molecule is CCCCCCCCCCCCCCC[CH2][Zn]([O]c1cccc(N(C)C)c1)[c]1cccc2c3nc4nc(nc5[nH]c(nc6nc(nc([nH]3)c12)-c1ccccc1-6)c1ccccc51)-c1ccccc1-4. The Balaban J connectivity index is 1.06. The summed E-state index contributed by atoms with van der Waals surface area (Å²) >= 11 is -3.13. The standard InChI is InChI=1S/C32H17N8.C16H33.C8H11NO.Zn/c1-2-10-18-17(9-1)25-33-26(18)38-28-21-13-5-6-14-22(21)30(35-28)40-32-24-16-8-7-15-23(24)31(36-32)39-29-20-12-4-3-11-19(20)27(34-29)37-25;1-3-5-7-9-11-13-15-16-14-12-10-8-6-4-2;1-9(2)7-4-3-5-8(10)6-7;/h1-15H,(H2,33,34,35,36,37,38,39,40);1,3-16H2,2H3;3-6,10H,1-2H3;/q;;;+1/p-1. The molecular formula is C56H60N9OZn. The number of aromatic amines is 2. The summed E-state index contributed by atoms with van der Waals surface area (Å²) in [7, 11) is 4.16. The molecule has 2 N–H and O–H groups in total. The zero-order valence-electron chi connectivity index (χ0n) is 39.3. The summed E-state index contributed by atoms with van der Waals surface area (Å²) in [6.07, 6.45) is 18.7. The van der Waals surface area contributed by atoms with Gasteiger partial charge in [0.1, 0.15) is 0 Å². The fourth-order valence-corrected chi connectivity index (χ4v) is 16.8. The summed E-state index contributed by atoms with van der Waals surface area (Å²) in [6.45, 7) is 2.29. The van der Waals surface area contributed by atoms with Gasteiger partial charge in [0.15, 0.2) is 0 Å². The number of benzene rings is 5. The van der Waals surface area contributed by atoms with Crippen LogP contribution in [0.15, 0.2) is 115 Å². The molecule has 0 amide bonds. The average Bonchev–Trinajstić information content (AvgIpc) is 4.10.